The van der Waals surface area contributed by atoms with E-state index in [1.54, 1.807) is 6.92 Å². The van der Waals surface area contributed by atoms with Gasteiger partial charge in [0.2, 0.25) is 0 Å². The Balaban J connectivity index is 2.02. The van der Waals surface area contributed by atoms with Crippen molar-refractivity contribution in [2.45, 2.75) is 65.2 Å². The van der Waals surface area contributed by atoms with E-state index in [1.165, 1.54) is 61.3 Å². The number of hydrogen-bond acceptors (Lipinski definition) is 1. The summed E-state index contributed by atoms with van der Waals surface area (Å²) in [4.78, 5) is 11.9. The van der Waals surface area contributed by atoms with Crippen molar-refractivity contribution >= 4 is 16.6 Å². The highest BCUT2D eigenvalue weighted by Gasteiger charge is 2.10. The van der Waals surface area contributed by atoms with Crippen molar-refractivity contribution in [2.24, 2.45) is 0 Å². The van der Waals surface area contributed by atoms with Gasteiger partial charge in [0, 0.05) is 5.56 Å². The Labute approximate surface area is 134 Å². The van der Waals surface area contributed by atoms with E-state index < -0.39 is 0 Å². The van der Waals surface area contributed by atoms with Crippen LogP contribution in [0.5, 0.6) is 0 Å². The van der Waals surface area contributed by atoms with E-state index in [1.807, 2.05) is 6.07 Å². The molecular weight excluding hydrogens is 268 g/mol. The van der Waals surface area contributed by atoms with Gasteiger partial charge in [0.25, 0.3) is 0 Å². The monoisotopic (exact) mass is 296 g/mol. The Kier molecular flexibility index (Phi) is 6.64. The van der Waals surface area contributed by atoms with Crippen LogP contribution in [0.3, 0.4) is 0 Å². The zero-order valence-electron chi connectivity index (χ0n) is 14.0. The molecule has 0 spiro atoms. The number of ketones is 1. The van der Waals surface area contributed by atoms with Crippen LogP contribution in [-0.4, -0.2) is 5.78 Å². The highest BCUT2D eigenvalue weighted by Crippen LogP contribution is 2.25. The van der Waals surface area contributed by atoms with Crippen molar-refractivity contribution < 1.29 is 4.79 Å². The van der Waals surface area contributed by atoms with Gasteiger partial charge in [-0.1, -0.05) is 81.8 Å². The quantitative estimate of drug-likeness (QED) is 0.390. The molecule has 0 aliphatic carbocycles. The van der Waals surface area contributed by atoms with Gasteiger partial charge < -0.3 is 0 Å². The molecule has 0 fully saturated rings. The molecule has 0 heterocycles. The summed E-state index contributed by atoms with van der Waals surface area (Å²) < 4.78 is 0. The first-order valence-electron chi connectivity index (χ1n) is 8.75. The lowest BCUT2D eigenvalue weighted by molar-refractivity contribution is 0.101. The molecule has 0 aliphatic rings. The van der Waals surface area contributed by atoms with Gasteiger partial charge in [0.15, 0.2) is 5.78 Å². The molecule has 0 aliphatic heterocycles. The fourth-order valence-corrected chi connectivity index (χ4v) is 3.19. The SMILES string of the molecule is CCCCCCCCCc1c(C(C)=O)ccc2ccccc12. The minimum Gasteiger partial charge on any atom is -0.295 e. The number of fused-ring (bicyclic) bond motifs is 1. The van der Waals surface area contributed by atoms with Gasteiger partial charge >= 0.3 is 0 Å². The van der Waals surface area contributed by atoms with E-state index in [-0.39, 0.29) is 5.78 Å². The Morgan fingerprint density at radius 3 is 2.27 bits per heavy atom. The molecule has 22 heavy (non-hydrogen) atoms. The summed E-state index contributed by atoms with van der Waals surface area (Å²) >= 11 is 0. The van der Waals surface area contributed by atoms with Gasteiger partial charge in [-0.05, 0) is 36.1 Å². The average Bonchev–Trinajstić information content (AvgIpc) is 2.53. The maximum absolute atomic E-state index is 11.9. The van der Waals surface area contributed by atoms with Crippen LogP contribution < -0.4 is 0 Å². The van der Waals surface area contributed by atoms with Crippen LogP contribution in [0.25, 0.3) is 10.8 Å². The lowest BCUT2D eigenvalue weighted by atomic mass is 9.93. The predicted molar refractivity (Wildman–Crippen MR) is 95.6 cm³/mol. The van der Waals surface area contributed by atoms with Crippen molar-refractivity contribution in [3.8, 4) is 0 Å². The fourth-order valence-electron chi connectivity index (χ4n) is 3.19. The van der Waals surface area contributed by atoms with E-state index in [2.05, 4.69) is 37.3 Å². The van der Waals surface area contributed by atoms with Crippen LogP contribution in [0, 0.1) is 0 Å². The largest absolute Gasteiger partial charge is 0.295 e. The van der Waals surface area contributed by atoms with Crippen LogP contribution in [0.4, 0.5) is 0 Å². The number of unbranched alkanes of at least 4 members (excludes halogenated alkanes) is 6. The smallest absolute Gasteiger partial charge is 0.160 e. The van der Waals surface area contributed by atoms with Crippen molar-refractivity contribution in [2.75, 3.05) is 0 Å². The van der Waals surface area contributed by atoms with Crippen LogP contribution in [-0.2, 0) is 6.42 Å². The standard InChI is InChI=1S/C21H28O/c1-3-4-5-6-7-8-9-14-21-19(17(2)22)16-15-18-12-10-11-13-20(18)21/h10-13,15-16H,3-9,14H2,1-2H3. The maximum Gasteiger partial charge on any atom is 0.160 e. The van der Waals surface area contributed by atoms with E-state index in [0.29, 0.717) is 0 Å². The van der Waals surface area contributed by atoms with Crippen molar-refractivity contribution in [1.82, 2.24) is 0 Å². The molecule has 0 unspecified atom stereocenters. The van der Waals surface area contributed by atoms with Crippen LogP contribution >= 0.6 is 0 Å². The minimum atomic E-state index is 0.184. The zero-order chi connectivity index (χ0) is 15.8. The topological polar surface area (TPSA) is 17.1 Å². The molecule has 0 N–H and O–H groups in total. The average molecular weight is 296 g/mol. The predicted octanol–water partition coefficient (Wildman–Crippen LogP) is 6.34. The first-order chi connectivity index (χ1) is 10.7. The molecule has 1 nitrogen and oxygen atoms in total. The van der Waals surface area contributed by atoms with Crippen LogP contribution in [0.2, 0.25) is 0 Å². The minimum absolute atomic E-state index is 0.184. The molecule has 0 radical (unpaired) electrons. The summed E-state index contributed by atoms with van der Waals surface area (Å²) in [6, 6.07) is 12.5. The molecule has 2 aromatic rings. The zero-order valence-corrected chi connectivity index (χ0v) is 14.0. The highest BCUT2D eigenvalue weighted by molar-refractivity contribution is 6.01. The first kappa shape index (κ1) is 16.7. The second kappa shape index (κ2) is 8.73. The van der Waals surface area contributed by atoms with E-state index in [9.17, 15) is 4.79 Å². The van der Waals surface area contributed by atoms with Crippen molar-refractivity contribution in [3.63, 3.8) is 0 Å². The third kappa shape index (κ3) is 4.43. The molecule has 0 amide bonds. The lowest BCUT2D eigenvalue weighted by Gasteiger charge is -2.11. The number of carbonyl (C=O) groups is 1. The molecule has 0 saturated heterocycles. The number of Topliss-reactive ketones (excluding diaryl/α,β-unsaturated/α-hetero) is 1. The summed E-state index contributed by atoms with van der Waals surface area (Å²) in [5.41, 5.74) is 2.16. The van der Waals surface area contributed by atoms with Gasteiger partial charge in [-0.2, -0.15) is 0 Å². The Morgan fingerprint density at radius 1 is 0.864 bits per heavy atom. The molecule has 2 rings (SSSR count). The molecule has 0 bridgehead atoms. The summed E-state index contributed by atoms with van der Waals surface area (Å²) in [6.45, 7) is 3.93. The van der Waals surface area contributed by atoms with Crippen molar-refractivity contribution in [3.05, 3.63) is 47.5 Å². The molecule has 1 heteroatoms. The van der Waals surface area contributed by atoms with Crippen LogP contribution in [0.15, 0.2) is 36.4 Å². The third-order valence-corrected chi connectivity index (χ3v) is 4.45. The molecule has 0 atom stereocenters. The number of aryl methyl sites for hydroxylation is 1. The summed E-state index contributed by atoms with van der Waals surface area (Å²) in [5, 5.41) is 2.49. The number of rotatable bonds is 9. The fraction of sp³-hybridized carbons (Fsp3) is 0.476. The summed E-state index contributed by atoms with van der Waals surface area (Å²) in [5.74, 6) is 0.184. The van der Waals surface area contributed by atoms with E-state index >= 15 is 0 Å². The summed E-state index contributed by atoms with van der Waals surface area (Å²) in [7, 11) is 0. The first-order valence-corrected chi connectivity index (χ1v) is 8.75. The van der Waals surface area contributed by atoms with Crippen molar-refractivity contribution in [1.29, 1.82) is 0 Å². The molecule has 0 saturated carbocycles. The summed E-state index contributed by atoms with van der Waals surface area (Å²) in [6.07, 6.45) is 10.2. The molecule has 0 aromatic heterocycles. The number of hydrogen-bond donors (Lipinski definition) is 0. The Bertz CT molecular complexity index is 612. The van der Waals surface area contributed by atoms with Gasteiger partial charge in [-0.25, -0.2) is 0 Å². The molecular formula is C21H28O. The maximum atomic E-state index is 11.9. The molecule has 2 aromatic carbocycles. The Hall–Kier alpha value is -1.63. The van der Waals surface area contributed by atoms with Crippen LogP contribution in [0.1, 0.15) is 74.7 Å². The second-order valence-electron chi connectivity index (χ2n) is 6.24. The van der Waals surface area contributed by atoms with E-state index in [4.69, 9.17) is 0 Å². The van der Waals surface area contributed by atoms with Gasteiger partial charge in [-0.3, -0.25) is 4.79 Å². The Morgan fingerprint density at radius 2 is 1.55 bits per heavy atom. The highest BCUT2D eigenvalue weighted by atomic mass is 16.1. The molecule has 118 valence electrons. The van der Waals surface area contributed by atoms with Gasteiger partial charge in [0.05, 0.1) is 0 Å². The number of benzene rings is 2. The van der Waals surface area contributed by atoms with Gasteiger partial charge in [-0.15, -0.1) is 0 Å². The lowest BCUT2D eigenvalue weighted by Crippen LogP contribution is -2.01. The van der Waals surface area contributed by atoms with E-state index in [0.717, 1.165) is 12.0 Å². The normalized spacial score (nSPS) is 11.0. The third-order valence-electron chi connectivity index (χ3n) is 4.45. The number of carbonyl (C=O) groups excluding carboxylic acids is 1. The van der Waals surface area contributed by atoms with Gasteiger partial charge in [0.1, 0.15) is 0 Å². The second-order valence-corrected chi connectivity index (χ2v) is 6.24.